The van der Waals surface area contributed by atoms with E-state index in [4.69, 9.17) is 8.85 Å². The van der Waals surface area contributed by atoms with Crippen LogP contribution in [0.3, 0.4) is 0 Å². The van der Waals surface area contributed by atoms with Crippen molar-refractivity contribution in [1.82, 2.24) is 5.32 Å². The summed E-state index contributed by atoms with van der Waals surface area (Å²) in [7, 11) is 0. The van der Waals surface area contributed by atoms with E-state index in [9.17, 15) is 0 Å². The zero-order chi connectivity index (χ0) is 16.3. The molecule has 3 rings (SSSR count). The van der Waals surface area contributed by atoms with Crippen LogP contribution in [0.2, 0.25) is 0 Å². The average Bonchev–Trinajstić information content (AvgIpc) is 2.68. The van der Waals surface area contributed by atoms with Crippen LogP contribution in [0.15, 0.2) is 54.6 Å². The molecule has 0 aromatic heterocycles. The van der Waals surface area contributed by atoms with Crippen LogP contribution in [0.5, 0.6) is 5.75 Å². The van der Waals surface area contributed by atoms with E-state index in [1.807, 2.05) is 36.4 Å². The van der Waals surface area contributed by atoms with Crippen LogP contribution < -0.4 is 10.1 Å². The Hall–Kier alpha value is -2.06. The minimum atomic E-state index is -2.10. The second-order valence-corrected chi connectivity index (χ2v) is 4.78. The van der Waals surface area contributed by atoms with Crippen molar-refractivity contribution in [3.8, 4) is 5.75 Å². The summed E-state index contributed by atoms with van der Waals surface area (Å²) in [6.07, 6.45) is 2.72. The number of fused-ring (bicyclic) bond motifs is 2. The first kappa shape index (κ1) is 9.78. The maximum Gasteiger partial charge on any atom is 0.127 e. The highest BCUT2D eigenvalue weighted by atomic mass is 16.5. The fraction of sp³-hybridized carbons (Fsp3) is 0.222. The van der Waals surface area contributed by atoms with Crippen LogP contribution in [0, 0.1) is 0 Å². The van der Waals surface area contributed by atoms with Crippen molar-refractivity contribution in [2.24, 2.45) is 0 Å². The second-order valence-electron chi connectivity index (χ2n) is 4.78. The van der Waals surface area contributed by atoms with Crippen molar-refractivity contribution in [3.05, 3.63) is 71.3 Å². The Morgan fingerprint density at radius 3 is 2.85 bits per heavy atom. The van der Waals surface area contributed by atoms with Gasteiger partial charge in [-0.05, 0) is 42.7 Å². The van der Waals surface area contributed by atoms with Gasteiger partial charge < -0.3 is 10.1 Å². The molecule has 0 atom stereocenters. The van der Waals surface area contributed by atoms with E-state index in [0.29, 0.717) is 19.6 Å². The van der Waals surface area contributed by atoms with E-state index in [1.54, 1.807) is 0 Å². The van der Waals surface area contributed by atoms with Gasteiger partial charge in [-0.1, -0.05) is 48.5 Å². The maximum atomic E-state index is 7.21. The van der Waals surface area contributed by atoms with Gasteiger partial charge >= 0.3 is 0 Å². The van der Waals surface area contributed by atoms with Crippen LogP contribution in [-0.4, -0.2) is 13.5 Å². The van der Waals surface area contributed by atoms with E-state index in [1.165, 1.54) is 0 Å². The van der Waals surface area contributed by atoms with Gasteiger partial charge in [0.2, 0.25) is 0 Å². The lowest BCUT2D eigenvalue weighted by atomic mass is 9.93. The summed E-state index contributed by atoms with van der Waals surface area (Å²) >= 11 is 0. The smallest absolute Gasteiger partial charge is 0.127 e. The van der Waals surface area contributed by atoms with Crippen LogP contribution in [0.1, 0.15) is 27.2 Å². The zero-order valence-corrected chi connectivity index (χ0v) is 11.2. The highest BCUT2D eigenvalue weighted by molar-refractivity contribution is 5.84. The number of benzene rings is 2. The minimum Gasteiger partial charge on any atom is -0.488 e. The van der Waals surface area contributed by atoms with Crippen molar-refractivity contribution >= 4 is 5.57 Å². The molecule has 102 valence electrons. The number of para-hydroxylation sites is 1. The summed E-state index contributed by atoms with van der Waals surface area (Å²) < 4.78 is 27.5. The molecular weight excluding hydrogens is 246 g/mol. The van der Waals surface area contributed by atoms with E-state index >= 15 is 0 Å². The van der Waals surface area contributed by atoms with Gasteiger partial charge in [-0.2, -0.15) is 0 Å². The Morgan fingerprint density at radius 1 is 1.15 bits per heavy atom. The molecule has 2 aromatic rings. The van der Waals surface area contributed by atoms with Crippen molar-refractivity contribution in [2.75, 3.05) is 13.5 Å². The summed E-state index contributed by atoms with van der Waals surface area (Å²) in [4.78, 5) is 0. The summed E-state index contributed by atoms with van der Waals surface area (Å²) in [6.45, 7) is -1.15. The first-order valence-electron chi connectivity index (χ1n) is 8.30. The largest absolute Gasteiger partial charge is 0.488 e. The molecule has 20 heavy (non-hydrogen) atoms. The molecule has 1 aliphatic heterocycles. The lowest BCUT2D eigenvalue weighted by molar-refractivity contribution is 0.307. The summed E-state index contributed by atoms with van der Waals surface area (Å²) in [5, 5.41) is 2.55. The average molecular weight is 268 g/mol. The highest BCUT2D eigenvalue weighted by Crippen LogP contribution is 2.36. The van der Waals surface area contributed by atoms with Crippen molar-refractivity contribution < 1.29 is 8.85 Å². The van der Waals surface area contributed by atoms with Gasteiger partial charge in [-0.15, -0.1) is 0 Å². The quantitative estimate of drug-likeness (QED) is 0.858. The molecule has 0 bridgehead atoms. The maximum absolute atomic E-state index is 7.21. The minimum absolute atomic E-state index is 0.408. The molecule has 2 nitrogen and oxygen atoms in total. The number of rotatable bonds is 3. The summed E-state index contributed by atoms with van der Waals surface area (Å²) in [5.41, 5.74) is 4.43. The van der Waals surface area contributed by atoms with Gasteiger partial charge in [-0.25, -0.2) is 0 Å². The Labute approximate surface area is 124 Å². The molecule has 2 heteroatoms. The van der Waals surface area contributed by atoms with E-state index in [-0.39, 0.29) is 0 Å². The topological polar surface area (TPSA) is 21.3 Å². The molecule has 0 unspecified atom stereocenters. The molecule has 1 N–H and O–H groups in total. The highest BCUT2D eigenvalue weighted by Gasteiger charge is 2.17. The molecule has 0 amide bonds. The first-order chi connectivity index (χ1) is 11.0. The van der Waals surface area contributed by atoms with Gasteiger partial charge in [0.25, 0.3) is 0 Å². The van der Waals surface area contributed by atoms with Gasteiger partial charge in [0.05, 0.1) is 0 Å². The second kappa shape index (κ2) is 5.93. The summed E-state index contributed by atoms with van der Waals surface area (Å²) in [6, 6.07) is 16.1. The molecule has 0 fully saturated rings. The third kappa shape index (κ3) is 2.47. The van der Waals surface area contributed by atoms with Crippen molar-refractivity contribution in [1.29, 1.82) is 0 Å². The number of ether oxygens (including phenoxy) is 1. The Morgan fingerprint density at radius 2 is 1.95 bits per heavy atom. The van der Waals surface area contributed by atoms with Gasteiger partial charge in [0.1, 0.15) is 12.4 Å². The number of hydrogen-bond acceptors (Lipinski definition) is 2. The molecule has 0 saturated carbocycles. The van der Waals surface area contributed by atoms with E-state index < -0.39 is 6.98 Å². The van der Waals surface area contributed by atoms with Crippen LogP contribution in [0.4, 0.5) is 0 Å². The molecule has 2 aromatic carbocycles. The normalized spacial score (nSPS) is 18.0. The molecule has 0 radical (unpaired) electrons. The van der Waals surface area contributed by atoms with Gasteiger partial charge in [0, 0.05) is 9.68 Å². The number of hydrogen-bond donors (Lipinski definition) is 1. The van der Waals surface area contributed by atoms with Crippen molar-refractivity contribution in [3.63, 3.8) is 0 Å². The standard InChI is InChI=1S/C18H19NO/c1-19-12-6-10-16-15-8-3-2-7-14(15)13-20-18-11-5-4-9-17(16)18/h2-5,7-11,19H,6,12-13H2,1H3/b16-10-/i1D3. The van der Waals surface area contributed by atoms with Crippen LogP contribution in [0.25, 0.3) is 5.57 Å². The third-order valence-electron chi connectivity index (χ3n) is 3.49. The molecule has 0 aliphatic carbocycles. The van der Waals surface area contributed by atoms with Crippen LogP contribution >= 0.6 is 0 Å². The fourth-order valence-electron chi connectivity index (χ4n) is 2.53. The predicted molar refractivity (Wildman–Crippen MR) is 82.8 cm³/mol. The monoisotopic (exact) mass is 268 g/mol. The third-order valence-corrected chi connectivity index (χ3v) is 3.49. The molecule has 0 spiro atoms. The predicted octanol–water partition coefficient (Wildman–Crippen LogP) is 3.62. The summed E-state index contributed by atoms with van der Waals surface area (Å²) in [5.74, 6) is 0.860. The molecular formula is C18H19NO. The first-order valence-corrected chi connectivity index (χ1v) is 6.80. The Kier molecular flexibility index (Phi) is 2.90. The zero-order valence-electron chi connectivity index (χ0n) is 14.2. The lowest BCUT2D eigenvalue weighted by Crippen LogP contribution is -2.06. The van der Waals surface area contributed by atoms with E-state index in [0.717, 1.165) is 28.0 Å². The van der Waals surface area contributed by atoms with Gasteiger partial charge in [0.15, 0.2) is 0 Å². The molecule has 1 heterocycles. The molecule has 0 saturated heterocycles. The molecule has 1 aliphatic rings. The fourth-order valence-corrected chi connectivity index (χ4v) is 2.53. The van der Waals surface area contributed by atoms with E-state index in [2.05, 4.69) is 23.5 Å². The number of nitrogens with one attached hydrogen (secondary N) is 1. The Balaban J connectivity index is 1.94. The van der Waals surface area contributed by atoms with Crippen molar-refractivity contribution in [2.45, 2.75) is 13.0 Å². The van der Waals surface area contributed by atoms with Gasteiger partial charge in [-0.3, -0.25) is 0 Å². The lowest BCUT2D eigenvalue weighted by Gasteiger charge is -2.10. The Bertz CT molecular complexity index is 673. The SMILES string of the molecule is [2H]C([2H])([2H])NCC/C=C1/c2ccccc2COc2ccccc21. The van der Waals surface area contributed by atoms with Crippen LogP contribution in [-0.2, 0) is 6.61 Å².